The zero-order valence-corrected chi connectivity index (χ0v) is 19.3. The van der Waals surface area contributed by atoms with Crippen LogP contribution >= 0.6 is 0 Å². The summed E-state index contributed by atoms with van der Waals surface area (Å²) in [5, 5.41) is 6.92. The van der Waals surface area contributed by atoms with Crippen LogP contribution in [0.5, 0.6) is 0 Å². The van der Waals surface area contributed by atoms with Gasteiger partial charge in [-0.05, 0) is 47.4 Å². The molecule has 0 aliphatic rings. The average Bonchev–Trinajstić information content (AvgIpc) is 2.84. The van der Waals surface area contributed by atoms with Crippen molar-refractivity contribution >= 4 is 12.2 Å². The largest absolute Gasteiger partial charge is 0.309 e. The summed E-state index contributed by atoms with van der Waals surface area (Å²) < 4.78 is 0. The Morgan fingerprint density at radius 2 is 1.16 bits per heavy atom. The molecule has 0 aliphatic carbocycles. The quantitative estimate of drug-likeness (QED) is 0.224. The molecule has 2 aromatic carbocycles. The van der Waals surface area contributed by atoms with Gasteiger partial charge in [-0.25, -0.2) is 0 Å². The molecule has 0 amide bonds. The van der Waals surface area contributed by atoms with Gasteiger partial charge in [0, 0.05) is 26.2 Å². The first-order valence-electron chi connectivity index (χ1n) is 11.5. The van der Waals surface area contributed by atoms with Crippen molar-refractivity contribution < 1.29 is 0 Å². The van der Waals surface area contributed by atoms with Crippen LogP contribution in [0.3, 0.4) is 0 Å². The molecule has 0 heterocycles. The van der Waals surface area contributed by atoms with Crippen LogP contribution in [0, 0.1) is 5.92 Å². The molecule has 2 N–H and O–H groups in total. The van der Waals surface area contributed by atoms with Crippen molar-refractivity contribution in [3.63, 3.8) is 0 Å². The van der Waals surface area contributed by atoms with E-state index in [4.69, 9.17) is 0 Å². The minimum Gasteiger partial charge on any atom is -0.309 e. The SMILES string of the molecule is C=Cc1ccc(CNC/C=C/CCC(C=C)C/C=C/CNCc2ccc(C=C)cc2)cc1. The molecule has 2 nitrogen and oxygen atoms in total. The highest BCUT2D eigenvalue weighted by atomic mass is 14.8. The van der Waals surface area contributed by atoms with Crippen molar-refractivity contribution in [2.24, 2.45) is 5.92 Å². The molecule has 32 heavy (non-hydrogen) atoms. The zero-order valence-electron chi connectivity index (χ0n) is 19.3. The normalized spacial score (nSPS) is 12.2. The summed E-state index contributed by atoms with van der Waals surface area (Å²) in [6.07, 6.45) is 18.1. The minimum atomic E-state index is 0.527. The Hall–Kier alpha value is -2.94. The summed E-state index contributed by atoms with van der Waals surface area (Å²) in [5.74, 6) is 0.527. The Balaban J connectivity index is 1.53. The highest BCUT2D eigenvalue weighted by molar-refractivity contribution is 5.47. The van der Waals surface area contributed by atoms with E-state index in [-0.39, 0.29) is 0 Å². The Bertz CT molecular complexity index is 857. The molecular weight excluding hydrogens is 388 g/mol. The summed E-state index contributed by atoms with van der Waals surface area (Å²) in [7, 11) is 0. The number of rotatable bonds is 16. The smallest absolute Gasteiger partial charge is 0.0208 e. The molecule has 0 spiro atoms. The van der Waals surface area contributed by atoms with Crippen molar-refractivity contribution in [3.05, 3.63) is 121 Å². The molecular formula is C30H38N2. The van der Waals surface area contributed by atoms with E-state index >= 15 is 0 Å². The average molecular weight is 427 g/mol. The third-order valence-electron chi connectivity index (χ3n) is 5.42. The van der Waals surface area contributed by atoms with Gasteiger partial charge >= 0.3 is 0 Å². The topological polar surface area (TPSA) is 24.1 Å². The molecule has 1 atom stereocenters. The molecule has 0 bridgehead atoms. The summed E-state index contributed by atoms with van der Waals surface area (Å²) in [4.78, 5) is 0. The van der Waals surface area contributed by atoms with Crippen molar-refractivity contribution in [2.45, 2.75) is 32.4 Å². The van der Waals surface area contributed by atoms with Crippen LogP contribution in [0.25, 0.3) is 12.2 Å². The summed E-state index contributed by atoms with van der Waals surface area (Å²) in [6.45, 7) is 15.1. The number of hydrogen-bond donors (Lipinski definition) is 2. The van der Waals surface area contributed by atoms with Gasteiger partial charge in [0.15, 0.2) is 0 Å². The van der Waals surface area contributed by atoms with Gasteiger partial charge in [-0.2, -0.15) is 0 Å². The molecule has 2 rings (SSSR count). The van der Waals surface area contributed by atoms with Crippen molar-refractivity contribution in [1.82, 2.24) is 10.6 Å². The lowest BCUT2D eigenvalue weighted by molar-refractivity contribution is 0.605. The Kier molecular flexibility index (Phi) is 12.5. The third kappa shape index (κ3) is 10.4. The Morgan fingerprint density at radius 3 is 1.62 bits per heavy atom. The second-order valence-electron chi connectivity index (χ2n) is 7.90. The number of nitrogens with one attached hydrogen (secondary N) is 2. The van der Waals surface area contributed by atoms with E-state index in [0.717, 1.165) is 56.6 Å². The second-order valence-corrected chi connectivity index (χ2v) is 7.90. The Morgan fingerprint density at radius 1 is 0.656 bits per heavy atom. The minimum absolute atomic E-state index is 0.527. The molecule has 2 aromatic rings. The molecule has 0 aromatic heterocycles. The van der Waals surface area contributed by atoms with Crippen LogP contribution in [-0.4, -0.2) is 13.1 Å². The molecule has 0 fully saturated rings. The number of allylic oxidation sites excluding steroid dienone is 3. The second kappa shape index (κ2) is 15.8. The van der Waals surface area contributed by atoms with E-state index in [9.17, 15) is 0 Å². The summed E-state index contributed by atoms with van der Waals surface area (Å²) in [5.41, 5.74) is 4.90. The van der Waals surface area contributed by atoms with Crippen LogP contribution < -0.4 is 10.6 Å². The Labute approximate surface area is 195 Å². The van der Waals surface area contributed by atoms with Crippen LogP contribution in [0.4, 0.5) is 0 Å². The summed E-state index contributed by atoms with van der Waals surface area (Å²) in [6, 6.07) is 17.0. The first-order chi connectivity index (χ1) is 15.7. The summed E-state index contributed by atoms with van der Waals surface area (Å²) >= 11 is 0. The van der Waals surface area contributed by atoms with Gasteiger partial charge in [0.2, 0.25) is 0 Å². The standard InChI is InChI=1S/C30H38N2/c1-4-26(13-9-11-23-32-25-30-20-16-28(6-3)17-21-30)12-8-7-10-22-31-24-29-18-14-27(5-2)15-19-29/h4-7,9-11,14-21,26,31-32H,1-3,8,12-13,22-25H2/b10-7+,11-9+. The van der Waals surface area contributed by atoms with E-state index in [0.29, 0.717) is 5.92 Å². The molecule has 168 valence electrons. The van der Waals surface area contributed by atoms with Crippen LogP contribution in [-0.2, 0) is 13.1 Å². The highest BCUT2D eigenvalue weighted by Crippen LogP contribution is 2.13. The fraction of sp³-hybridized carbons (Fsp3) is 0.267. The maximum atomic E-state index is 4.00. The van der Waals surface area contributed by atoms with Gasteiger partial charge < -0.3 is 10.6 Å². The van der Waals surface area contributed by atoms with Gasteiger partial charge in [-0.3, -0.25) is 0 Å². The zero-order chi connectivity index (χ0) is 22.9. The van der Waals surface area contributed by atoms with Crippen molar-refractivity contribution in [2.75, 3.05) is 13.1 Å². The lowest BCUT2D eigenvalue weighted by atomic mass is 9.99. The first kappa shape index (κ1) is 25.3. The van der Waals surface area contributed by atoms with Crippen LogP contribution in [0.2, 0.25) is 0 Å². The number of hydrogen-bond acceptors (Lipinski definition) is 2. The van der Waals surface area contributed by atoms with Gasteiger partial charge in [0.1, 0.15) is 0 Å². The highest BCUT2D eigenvalue weighted by Gasteiger charge is 2.00. The predicted molar refractivity (Wildman–Crippen MR) is 142 cm³/mol. The van der Waals surface area contributed by atoms with E-state index < -0.39 is 0 Å². The van der Waals surface area contributed by atoms with Gasteiger partial charge in [-0.1, -0.05) is 104 Å². The molecule has 0 saturated heterocycles. The molecule has 1 unspecified atom stereocenters. The van der Waals surface area contributed by atoms with E-state index in [1.165, 1.54) is 11.1 Å². The molecule has 2 heteroatoms. The fourth-order valence-corrected chi connectivity index (χ4v) is 3.34. The third-order valence-corrected chi connectivity index (χ3v) is 5.42. The lowest BCUT2D eigenvalue weighted by Gasteiger charge is -2.08. The molecule has 0 aliphatic heterocycles. The van der Waals surface area contributed by atoms with Gasteiger partial charge in [0.25, 0.3) is 0 Å². The van der Waals surface area contributed by atoms with Gasteiger partial charge in [0.05, 0.1) is 0 Å². The van der Waals surface area contributed by atoms with E-state index in [2.05, 4.69) is 109 Å². The predicted octanol–water partition coefficient (Wildman–Crippen LogP) is 6.94. The monoisotopic (exact) mass is 426 g/mol. The maximum Gasteiger partial charge on any atom is 0.0208 e. The van der Waals surface area contributed by atoms with E-state index in [1.54, 1.807) is 0 Å². The van der Waals surface area contributed by atoms with Crippen LogP contribution in [0.15, 0.2) is 98.6 Å². The lowest BCUT2D eigenvalue weighted by Crippen LogP contribution is -2.12. The van der Waals surface area contributed by atoms with E-state index in [1.807, 2.05) is 12.2 Å². The molecule has 0 radical (unpaired) electrons. The first-order valence-corrected chi connectivity index (χ1v) is 11.5. The van der Waals surface area contributed by atoms with Crippen molar-refractivity contribution in [1.29, 1.82) is 0 Å². The maximum absolute atomic E-state index is 4.00. The fourth-order valence-electron chi connectivity index (χ4n) is 3.34. The van der Waals surface area contributed by atoms with Crippen molar-refractivity contribution in [3.8, 4) is 0 Å². The number of benzene rings is 2. The van der Waals surface area contributed by atoms with Gasteiger partial charge in [-0.15, -0.1) is 6.58 Å². The van der Waals surface area contributed by atoms with Crippen LogP contribution in [0.1, 0.15) is 41.5 Å². The molecule has 0 saturated carbocycles.